The summed E-state index contributed by atoms with van der Waals surface area (Å²) in [5.41, 5.74) is 2.59. The van der Waals surface area contributed by atoms with Gasteiger partial charge in [-0.05, 0) is 24.6 Å². The molecular weight excluding hydrogens is 333 g/mol. The SMILES string of the molecule is Cc1ccc(C(NN)c2ccc(Br)cc2F)c(F)c1F. The molecule has 0 saturated heterocycles. The second kappa shape index (κ2) is 5.95. The summed E-state index contributed by atoms with van der Waals surface area (Å²) in [6, 6.07) is 6.14. The van der Waals surface area contributed by atoms with E-state index in [9.17, 15) is 13.2 Å². The highest BCUT2D eigenvalue weighted by molar-refractivity contribution is 9.10. The highest BCUT2D eigenvalue weighted by atomic mass is 79.9. The average Bonchev–Trinajstić information content (AvgIpc) is 2.41. The molecule has 2 rings (SSSR count). The molecule has 0 amide bonds. The maximum absolute atomic E-state index is 14.0. The van der Waals surface area contributed by atoms with Crippen LogP contribution in [0.1, 0.15) is 22.7 Å². The first kappa shape index (κ1) is 15.0. The Morgan fingerprint density at radius 1 is 1.05 bits per heavy atom. The van der Waals surface area contributed by atoms with E-state index in [-0.39, 0.29) is 16.7 Å². The van der Waals surface area contributed by atoms with Crippen molar-refractivity contribution < 1.29 is 13.2 Å². The van der Waals surface area contributed by atoms with E-state index in [1.165, 1.54) is 31.2 Å². The Bertz CT molecular complexity index is 647. The molecule has 0 bridgehead atoms. The van der Waals surface area contributed by atoms with Crippen LogP contribution in [0.5, 0.6) is 0 Å². The number of nitrogens with one attached hydrogen (secondary N) is 1. The molecule has 3 N–H and O–H groups in total. The molecule has 2 aromatic rings. The Hall–Kier alpha value is -1.37. The number of hydrazine groups is 1. The molecule has 6 heteroatoms. The van der Waals surface area contributed by atoms with Crippen molar-refractivity contribution in [3.63, 3.8) is 0 Å². The Labute approximate surface area is 122 Å². The van der Waals surface area contributed by atoms with Crippen molar-refractivity contribution in [3.8, 4) is 0 Å². The fraction of sp³-hybridized carbons (Fsp3) is 0.143. The van der Waals surface area contributed by atoms with E-state index in [1.54, 1.807) is 6.07 Å². The first-order valence-electron chi connectivity index (χ1n) is 5.81. The van der Waals surface area contributed by atoms with Crippen molar-refractivity contribution in [2.75, 3.05) is 0 Å². The van der Waals surface area contributed by atoms with Crippen LogP contribution >= 0.6 is 15.9 Å². The molecule has 0 aliphatic carbocycles. The normalized spacial score (nSPS) is 12.5. The molecule has 1 atom stereocenters. The standard InChI is InChI=1S/C14H12BrF3N2/c1-7-2-4-10(13(18)12(7)17)14(20-19)9-5-3-8(15)6-11(9)16/h2-6,14,20H,19H2,1H3. The van der Waals surface area contributed by atoms with E-state index in [4.69, 9.17) is 5.84 Å². The molecule has 0 aromatic heterocycles. The van der Waals surface area contributed by atoms with Crippen LogP contribution in [0.3, 0.4) is 0 Å². The number of aryl methyl sites for hydroxylation is 1. The summed E-state index contributed by atoms with van der Waals surface area (Å²) in [7, 11) is 0. The lowest BCUT2D eigenvalue weighted by atomic mass is 9.97. The maximum Gasteiger partial charge on any atom is 0.164 e. The van der Waals surface area contributed by atoms with E-state index >= 15 is 0 Å². The van der Waals surface area contributed by atoms with Gasteiger partial charge in [0.2, 0.25) is 0 Å². The molecule has 0 aliphatic heterocycles. The van der Waals surface area contributed by atoms with Gasteiger partial charge in [-0.25, -0.2) is 18.6 Å². The van der Waals surface area contributed by atoms with Crippen LogP contribution in [-0.2, 0) is 0 Å². The predicted octanol–water partition coefficient (Wildman–Crippen LogP) is 3.73. The van der Waals surface area contributed by atoms with E-state index in [0.717, 1.165) is 0 Å². The average molecular weight is 345 g/mol. The van der Waals surface area contributed by atoms with Crippen LogP contribution in [0.25, 0.3) is 0 Å². The molecule has 2 nitrogen and oxygen atoms in total. The van der Waals surface area contributed by atoms with E-state index in [1.807, 2.05) is 0 Å². The Morgan fingerprint density at radius 2 is 1.70 bits per heavy atom. The van der Waals surface area contributed by atoms with Crippen molar-refractivity contribution in [2.24, 2.45) is 5.84 Å². The van der Waals surface area contributed by atoms with Gasteiger partial charge in [-0.1, -0.05) is 34.1 Å². The van der Waals surface area contributed by atoms with Gasteiger partial charge in [0, 0.05) is 15.6 Å². The van der Waals surface area contributed by atoms with Gasteiger partial charge in [-0.2, -0.15) is 0 Å². The Morgan fingerprint density at radius 3 is 2.30 bits per heavy atom. The third kappa shape index (κ3) is 2.72. The van der Waals surface area contributed by atoms with Crippen molar-refractivity contribution in [1.82, 2.24) is 5.43 Å². The second-order valence-corrected chi connectivity index (χ2v) is 5.28. The number of rotatable bonds is 3. The Kier molecular flexibility index (Phi) is 4.47. The van der Waals surface area contributed by atoms with Crippen LogP contribution in [-0.4, -0.2) is 0 Å². The minimum atomic E-state index is -1.03. The van der Waals surface area contributed by atoms with E-state index < -0.39 is 23.5 Å². The van der Waals surface area contributed by atoms with Crippen molar-refractivity contribution >= 4 is 15.9 Å². The quantitative estimate of drug-likeness (QED) is 0.657. The third-order valence-electron chi connectivity index (χ3n) is 3.06. The fourth-order valence-electron chi connectivity index (χ4n) is 1.97. The minimum Gasteiger partial charge on any atom is -0.271 e. The van der Waals surface area contributed by atoms with Crippen molar-refractivity contribution in [2.45, 2.75) is 13.0 Å². The molecule has 1 unspecified atom stereocenters. The molecule has 0 fully saturated rings. The summed E-state index contributed by atoms with van der Waals surface area (Å²) in [4.78, 5) is 0. The molecule has 0 radical (unpaired) electrons. The first-order chi connectivity index (χ1) is 9.45. The minimum absolute atomic E-state index is 0.0446. The van der Waals surface area contributed by atoms with Gasteiger partial charge >= 0.3 is 0 Å². The number of hydrogen-bond donors (Lipinski definition) is 2. The fourth-order valence-corrected chi connectivity index (χ4v) is 2.30. The molecule has 20 heavy (non-hydrogen) atoms. The third-order valence-corrected chi connectivity index (χ3v) is 3.55. The molecule has 0 saturated carbocycles. The van der Waals surface area contributed by atoms with Crippen LogP contribution in [0.2, 0.25) is 0 Å². The van der Waals surface area contributed by atoms with Crippen molar-refractivity contribution in [1.29, 1.82) is 0 Å². The topological polar surface area (TPSA) is 38.0 Å². The summed E-state index contributed by atoms with van der Waals surface area (Å²) in [5.74, 6) is 2.83. The molecule has 0 heterocycles. The van der Waals surface area contributed by atoms with Crippen molar-refractivity contribution in [3.05, 3.63) is 68.9 Å². The number of halogens is 4. The number of hydrogen-bond acceptors (Lipinski definition) is 2. The van der Waals surface area contributed by atoms with Gasteiger partial charge in [0.05, 0.1) is 6.04 Å². The van der Waals surface area contributed by atoms with Gasteiger partial charge in [-0.15, -0.1) is 0 Å². The second-order valence-electron chi connectivity index (χ2n) is 4.37. The van der Waals surface area contributed by atoms with Crippen LogP contribution in [0, 0.1) is 24.4 Å². The molecule has 0 spiro atoms. The van der Waals surface area contributed by atoms with Gasteiger partial charge in [0.15, 0.2) is 11.6 Å². The zero-order valence-electron chi connectivity index (χ0n) is 10.6. The zero-order valence-corrected chi connectivity index (χ0v) is 12.1. The lowest BCUT2D eigenvalue weighted by Crippen LogP contribution is -2.30. The number of nitrogens with two attached hydrogens (primary N) is 1. The summed E-state index contributed by atoms with van der Waals surface area (Å²) in [5, 5.41) is 0. The largest absolute Gasteiger partial charge is 0.271 e. The summed E-state index contributed by atoms with van der Waals surface area (Å²) in [6.07, 6.45) is 0. The summed E-state index contributed by atoms with van der Waals surface area (Å²) in [6.45, 7) is 1.45. The summed E-state index contributed by atoms with van der Waals surface area (Å²) >= 11 is 3.13. The Balaban J connectivity index is 2.55. The highest BCUT2D eigenvalue weighted by Crippen LogP contribution is 2.29. The van der Waals surface area contributed by atoms with Crippen LogP contribution < -0.4 is 11.3 Å². The van der Waals surface area contributed by atoms with Crippen LogP contribution in [0.4, 0.5) is 13.2 Å². The van der Waals surface area contributed by atoms with Gasteiger partial charge in [0.1, 0.15) is 5.82 Å². The smallest absolute Gasteiger partial charge is 0.164 e. The summed E-state index contributed by atoms with van der Waals surface area (Å²) < 4.78 is 42.1. The molecule has 0 aliphatic rings. The van der Waals surface area contributed by atoms with E-state index in [2.05, 4.69) is 21.4 Å². The monoisotopic (exact) mass is 344 g/mol. The van der Waals surface area contributed by atoms with Gasteiger partial charge < -0.3 is 0 Å². The highest BCUT2D eigenvalue weighted by Gasteiger charge is 2.22. The van der Waals surface area contributed by atoms with Crippen LogP contribution in [0.15, 0.2) is 34.8 Å². The predicted molar refractivity (Wildman–Crippen MR) is 74.4 cm³/mol. The first-order valence-corrected chi connectivity index (χ1v) is 6.60. The molecule has 106 valence electrons. The molecule has 2 aromatic carbocycles. The lowest BCUT2D eigenvalue weighted by Gasteiger charge is -2.19. The maximum atomic E-state index is 14.0. The number of benzene rings is 2. The lowest BCUT2D eigenvalue weighted by molar-refractivity contribution is 0.473. The zero-order chi connectivity index (χ0) is 14.9. The molecular formula is C14H12BrF3N2. The van der Waals surface area contributed by atoms with Gasteiger partial charge in [0.25, 0.3) is 0 Å². The van der Waals surface area contributed by atoms with E-state index in [0.29, 0.717) is 4.47 Å². The van der Waals surface area contributed by atoms with Gasteiger partial charge in [-0.3, -0.25) is 5.84 Å².